The summed E-state index contributed by atoms with van der Waals surface area (Å²) in [7, 11) is 0. The van der Waals surface area contributed by atoms with E-state index in [-0.39, 0.29) is 0 Å². The molecule has 0 saturated heterocycles. The fourth-order valence-corrected chi connectivity index (χ4v) is 2.89. The quantitative estimate of drug-likeness (QED) is 0.666. The van der Waals surface area contributed by atoms with E-state index in [1.807, 2.05) is 19.2 Å². The lowest BCUT2D eigenvalue weighted by Crippen LogP contribution is -1.95. The first kappa shape index (κ1) is 12.3. The van der Waals surface area contributed by atoms with E-state index in [0.29, 0.717) is 22.6 Å². The number of fused-ring (bicyclic) bond motifs is 1. The molecule has 0 aliphatic heterocycles. The van der Waals surface area contributed by atoms with Gasteiger partial charge in [-0.15, -0.1) is 11.3 Å². The molecule has 3 rings (SSSR count). The first-order chi connectivity index (χ1) is 9.15. The second kappa shape index (κ2) is 4.75. The van der Waals surface area contributed by atoms with Gasteiger partial charge >= 0.3 is 0 Å². The number of thiophene rings is 1. The Bertz CT molecular complexity index is 757. The molecule has 0 aliphatic rings. The minimum atomic E-state index is 0.319. The summed E-state index contributed by atoms with van der Waals surface area (Å²) < 4.78 is 5.80. The van der Waals surface area contributed by atoms with Crippen molar-refractivity contribution in [1.82, 2.24) is 15.0 Å². The van der Waals surface area contributed by atoms with Crippen LogP contribution < -0.4 is 4.74 Å². The number of nitrogens with zero attached hydrogens (tertiary/aromatic N) is 3. The third-order valence-corrected chi connectivity index (χ3v) is 3.90. The van der Waals surface area contributed by atoms with E-state index in [4.69, 9.17) is 16.3 Å². The van der Waals surface area contributed by atoms with Crippen LogP contribution in [0.15, 0.2) is 23.7 Å². The number of halogens is 1. The largest absolute Gasteiger partial charge is 0.435 e. The number of pyridine rings is 1. The van der Waals surface area contributed by atoms with Crippen molar-refractivity contribution in [3.63, 3.8) is 0 Å². The lowest BCUT2D eigenvalue weighted by atomic mass is 10.2. The van der Waals surface area contributed by atoms with Crippen LogP contribution in [0.2, 0.25) is 5.15 Å². The highest BCUT2D eigenvalue weighted by Crippen LogP contribution is 2.34. The average Bonchev–Trinajstić information content (AvgIpc) is 2.74. The molecular formula is C13H10ClN3OS. The smallest absolute Gasteiger partial charge is 0.231 e. The molecule has 0 unspecified atom stereocenters. The molecule has 0 amide bonds. The van der Waals surface area contributed by atoms with Crippen molar-refractivity contribution in [2.75, 3.05) is 0 Å². The Kier molecular flexibility index (Phi) is 3.08. The Morgan fingerprint density at radius 1 is 1.26 bits per heavy atom. The molecule has 0 aromatic carbocycles. The van der Waals surface area contributed by atoms with Gasteiger partial charge in [-0.05, 0) is 36.9 Å². The molecular weight excluding hydrogens is 282 g/mol. The summed E-state index contributed by atoms with van der Waals surface area (Å²) in [6, 6.07) is 3.53. The fourth-order valence-electron chi connectivity index (χ4n) is 1.77. The Labute approximate surface area is 119 Å². The van der Waals surface area contributed by atoms with Crippen molar-refractivity contribution < 1.29 is 4.74 Å². The fraction of sp³-hybridized carbons (Fsp3) is 0.154. The van der Waals surface area contributed by atoms with Gasteiger partial charge < -0.3 is 4.74 Å². The van der Waals surface area contributed by atoms with Crippen molar-refractivity contribution in [3.8, 4) is 11.6 Å². The Balaban J connectivity index is 2.15. The van der Waals surface area contributed by atoms with Crippen LogP contribution in [0.25, 0.3) is 10.2 Å². The van der Waals surface area contributed by atoms with Gasteiger partial charge in [0.15, 0.2) is 10.9 Å². The molecule has 0 bridgehead atoms. The Morgan fingerprint density at radius 3 is 2.89 bits per heavy atom. The van der Waals surface area contributed by atoms with Gasteiger partial charge in [0.2, 0.25) is 5.88 Å². The van der Waals surface area contributed by atoms with Crippen LogP contribution in [0.1, 0.15) is 11.4 Å². The van der Waals surface area contributed by atoms with Crippen molar-refractivity contribution in [2.24, 2.45) is 0 Å². The molecule has 3 heterocycles. The molecule has 0 N–H and O–H groups in total. The van der Waals surface area contributed by atoms with Crippen molar-refractivity contribution in [2.45, 2.75) is 13.8 Å². The molecule has 0 atom stereocenters. The predicted octanol–water partition coefficient (Wildman–Crippen LogP) is 4.15. The summed E-state index contributed by atoms with van der Waals surface area (Å²) in [4.78, 5) is 13.7. The van der Waals surface area contributed by atoms with Crippen molar-refractivity contribution in [1.29, 1.82) is 0 Å². The van der Waals surface area contributed by atoms with E-state index >= 15 is 0 Å². The van der Waals surface area contributed by atoms with Crippen LogP contribution in [0.4, 0.5) is 0 Å². The van der Waals surface area contributed by atoms with E-state index in [2.05, 4.69) is 15.0 Å². The highest BCUT2D eigenvalue weighted by Gasteiger charge is 2.13. The van der Waals surface area contributed by atoms with Crippen LogP contribution in [-0.2, 0) is 0 Å². The van der Waals surface area contributed by atoms with E-state index in [9.17, 15) is 0 Å². The molecule has 6 heteroatoms. The number of aryl methyl sites for hydroxylation is 2. The van der Waals surface area contributed by atoms with Gasteiger partial charge in [-0.3, -0.25) is 0 Å². The zero-order valence-corrected chi connectivity index (χ0v) is 11.9. The highest BCUT2D eigenvalue weighted by atomic mass is 35.5. The van der Waals surface area contributed by atoms with Gasteiger partial charge in [-0.1, -0.05) is 11.6 Å². The lowest BCUT2D eigenvalue weighted by molar-refractivity contribution is 0.464. The summed E-state index contributed by atoms with van der Waals surface area (Å²) in [6.07, 6.45) is 1.62. The van der Waals surface area contributed by atoms with Crippen LogP contribution in [0.5, 0.6) is 11.6 Å². The number of hydrogen-bond donors (Lipinski definition) is 0. The van der Waals surface area contributed by atoms with Crippen molar-refractivity contribution in [3.05, 3.63) is 40.3 Å². The first-order valence-electron chi connectivity index (χ1n) is 5.66. The highest BCUT2D eigenvalue weighted by molar-refractivity contribution is 7.17. The molecule has 0 fully saturated rings. The second-order valence-corrected chi connectivity index (χ2v) is 5.29. The zero-order chi connectivity index (χ0) is 13.4. The third-order valence-electron chi connectivity index (χ3n) is 2.63. The topological polar surface area (TPSA) is 47.9 Å². The lowest BCUT2D eigenvalue weighted by Gasteiger charge is -2.08. The maximum atomic E-state index is 6.00. The standard InChI is InChI=1S/C13H10ClN3OS/c1-7-6-19-13-10(7)12(16-8(2)17-13)18-9-4-3-5-15-11(9)14/h3-6H,1-2H3. The van der Waals surface area contributed by atoms with E-state index in [0.717, 1.165) is 15.8 Å². The maximum absolute atomic E-state index is 6.00. The van der Waals surface area contributed by atoms with Gasteiger partial charge in [-0.2, -0.15) is 4.98 Å². The maximum Gasteiger partial charge on any atom is 0.231 e. The van der Waals surface area contributed by atoms with E-state index in [1.54, 1.807) is 29.7 Å². The Hall–Kier alpha value is -1.72. The van der Waals surface area contributed by atoms with Crippen LogP contribution in [-0.4, -0.2) is 15.0 Å². The monoisotopic (exact) mass is 291 g/mol. The second-order valence-electron chi connectivity index (χ2n) is 4.07. The predicted molar refractivity (Wildman–Crippen MR) is 76.2 cm³/mol. The molecule has 96 valence electrons. The minimum absolute atomic E-state index is 0.319. The molecule has 0 saturated carbocycles. The van der Waals surface area contributed by atoms with Crippen LogP contribution >= 0.6 is 22.9 Å². The van der Waals surface area contributed by atoms with Crippen LogP contribution in [0.3, 0.4) is 0 Å². The number of hydrogen-bond acceptors (Lipinski definition) is 5. The van der Waals surface area contributed by atoms with Gasteiger partial charge in [0.25, 0.3) is 0 Å². The summed E-state index contributed by atoms with van der Waals surface area (Å²) in [5.41, 5.74) is 1.09. The summed E-state index contributed by atoms with van der Waals surface area (Å²) in [5.74, 6) is 1.69. The van der Waals surface area contributed by atoms with Gasteiger partial charge in [0.05, 0.1) is 5.39 Å². The molecule has 0 aliphatic carbocycles. The van der Waals surface area contributed by atoms with Gasteiger partial charge in [0.1, 0.15) is 10.7 Å². The molecule has 0 radical (unpaired) electrons. The average molecular weight is 292 g/mol. The summed E-state index contributed by atoms with van der Waals surface area (Å²) >= 11 is 7.58. The normalized spacial score (nSPS) is 10.9. The summed E-state index contributed by atoms with van der Waals surface area (Å²) in [6.45, 7) is 3.85. The van der Waals surface area contributed by atoms with E-state index in [1.165, 1.54) is 0 Å². The number of aromatic nitrogens is 3. The zero-order valence-electron chi connectivity index (χ0n) is 10.3. The molecule has 19 heavy (non-hydrogen) atoms. The molecule has 3 aromatic heterocycles. The number of rotatable bonds is 2. The van der Waals surface area contributed by atoms with Gasteiger partial charge in [-0.25, -0.2) is 9.97 Å². The molecule has 0 spiro atoms. The molecule has 4 nitrogen and oxygen atoms in total. The van der Waals surface area contributed by atoms with Gasteiger partial charge in [0, 0.05) is 6.20 Å². The third kappa shape index (κ3) is 2.27. The number of ether oxygens (including phenoxy) is 1. The van der Waals surface area contributed by atoms with Crippen molar-refractivity contribution >= 4 is 33.2 Å². The SMILES string of the molecule is Cc1nc(Oc2cccnc2Cl)c2c(C)csc2n1. The Morgan fingerprint density at radius 2 is 2.11 bits per heavy atom. The minimum Gasteiger partial charge on any atom is -0.435 e. The molecule has 3 aromatic rings. The van der Waals surface area contributed by atoms with E-state index < -0.39 is 0 Å². The van der Waals surface area contributed by atoms with Crippen LogP contribution in [0, 0.1) is 13.8 Å². The summed E-state index contributed by atoms with van der Waals surface area (Å²) in [5, 5.41) is 3.28. The first-order valence-corrected chi connectivity index (χ1v) is 6.91.